The molecule has 0 fully saturated rings. The van der Waals surface area contributed by atoms with Crippen LogP contribution < -0.4 is 5.32 Å². The SMILES string of the molecule is COC(=O)c1ccc(C(=O)Nc2ccn(Cc3ccc(F)cc3Cl)n2)cc1. The minimum atomic E-state index is -0.472. The third-order valence-corrected chi connectivity index (χ3v) is 4.15. The first-order valence-corrected chi connectivity index (χ1v) is 8.31. The molecule has 0 unspecified atom stereocenters. The van der Waals surface area contributed by atoms with Crippen molar-refractivity contribution in [1.29, 1.82) is 0 Å². The van der Waals surface area contributed by atoms with Crippen LogP contribution in [0.25, 0.3) is 0 Å². The molecule has 27 heavy (non-hydrogen) atoms. The Bertz CT molecular complexity index is 986. The van der Waals surface area contributed by atoms with E-state index in [1.165, 1.54) is 43.5 Å². The molecule has 0 atom stereocenters. The van der Waals surface area contributed by atoms with Gasteiger partial charge in [-0.1, -0.05) is 17.7 Å². The monoisotopic (exact) mass is 387 g/mol. The van der Waals surface area contributed by atoms with Crippen LogP contribution in [0.15, 0.2) is 54.7 Å². The van der Waals surface area contributed by atoms with Gasteiger partial charge in [-0.3, -0.25) is 9.48 Å². The standard InChI is InChI=1S/C19H15ClFN3O3/c1-27-19(26)13-4-2-12(3-5-13)18(25)22-17-8-9-24(23-17)11-14-6-7-15(21)10-16(14)20/h2-10H,11H2,1H3,(H,22,23,25). The number of aromatic nitrogens is 2. The lowest BCUT2D eigenvalue weighted by molar-refractivity contribution is 0.0600. The Morgan fingerprint density at radius 3 is 2.52 bits per heavy atom. The summed E-state index contributed by atoms with van der Waals surface area (Å²) in [5.41, 5.74) is 1.44. The van der Waals surface area contributed by atoms with Crippen molar-refractivity contribution >= 4 is 29.3 Å². The molecule has 0 saturated heterocycles. The Morgan fingerprint density at radius 2 is 1.85 bits per heavy atom. The number of carbonyl (C=O) groups excluding carboxylic acids is 2. The predicted molar refractivity (Wildman–Crippen MR) is 98.5 cm³/mol. The summed E-state index contributed by atoms with van der Waals surface area (Å²) >= 11 is 6.01. The van der Waals surface area contributed by atoms with Crippen LogP contribution in [0, 0.1) is 5.82 Å². The van der Waals surface area contributed by atoms with Gasteiger partial charge in [0, 0.05) is 22.8 Å². The third-order valence-electron chi connectivity index (χ3n) is 3.80. The number of nitrogens with one attached hydrogen (secondary N) is 1. The highest BCUT2D eigenvalue weighted by Crippen LogP contribution is 2.18. The van der Waals surface area contributed by atoms with Gasteiger partial charge in [-0.2, -0.15) is 5.10 Å². The minimum absolute atomic E-state index is 0.307. The second-order valence-electron chi connectivity index (χ2n) is 5.66. The Kier molecular flexibility index (Phi) is 5.52. The van der Waals surface area contributed by atoms with E-state index in [-0.39, 0.29) is 5.91 Å². The molecule has 3 rings (SSSR count). The van der Waals surface area contributed by atoms with E-state index >= 15 is 0 Å². The molecule has 3 aromatic rings. The first-order valence-electron chi connectivity index (χ1n) is 7.93. The summed E-state index contributed by atoms with van der Waals surface area (Å²) in [6.45, 7) is 0.336. The fourth-order valence-corrected chi connectivity index (χ4v) is 2.63. The molecule has 0 aliphatic carbocycles. The van der Waals surface area contributed by atoms with E-state index in [0.717, 1.165) is 0 Å². The van der Waals surface area contributed by atoms with E-state index in [1.807, 2.05) is 0 Å². The molecule has 0 aliphatic heterocycles. The number of nitrogens with zero attached hydrogens (tertiary/aromatic N) is 2. The van der Waals surface area contributed by atoms with E-state index in [0.29, 0.717) is 34.1 Å². The molecule has 138 valence electrons. The number of benzene rings is 2. The Morgan fingerprint density at radius 1 is 1.15 bits per heavy atom. The van der Waals surface area contributed by atoms with E-state index in [4.69, 9.17) is 11.6 Å². The Hall–Kier alpha value is -3.19. The highest BCUT2D eigenvalue weighted by atomic mass is 35.5. The van der Waals surface area contributed by atoms with Crippen LogP contribution in [-0.4, -0.2) is 28.8 Å². The number of hydrogen-bond donors (Lipinski definition) is 1. The van der Waals surface area contributed by atoms with Crippen LogP contribution in [-0.2, 0) is 11.3 Å². The van der Waals surface area contributed by atoms with Gasteiger partial charge in [-0.15, -0.1) is 0 Å². The summed E-state index contributed by atoms with van der Waals surface area (Å²) in [6, 6.07) is 11.9. The second kappa shape index (κ2) is 8.01. The number of ether oxygens (including phenoxy) is 1. The van der Waals surface area contributed by atoms with Crippen molar-refractivity contribution in [2.45, 2.75) is 6.54 Å². The summed E-state index contributed by atoms with van der Waals surface area (Å²) in [6.07, 6.45) is 1.68. The van der Waals surface area contributed by atoms with Crippen molar-refractivity contribution in [3.8, 4) is 0 Å². The van der Waals surface area contributed by atoms with Crippen molar-refractivity contribution in [2.24, 2.45) is 0 Å². The summed E-state index contributed by atoms with van der Waals surface area (Å²) < 4.78 is 19.3. The minimum Gasteiger partial charge on any atom is -0.465 e. The molecule has 0 radical (unpaired) electrons. The second-order valence-corrected chi connectivity index (χ2v) is 6.06. The summed E-state index contributed by atoms with van der Waals surface area (Å²) in [7, 11) is 1.29. The van der Waals surface area contributed by atoms with Gasteiger partial charge in [0.05, 0.1) is 19.2 Å². The molecule has 8 heteroatoms. The van der Waals surface area contributed by atoms with Gasteiger partial charge in [0.25, 0.3) is 5.91 Å². The van der Waals surface area contributed by atoms with Crippen molar-refractivity contribution in [1.82, 2.24) is 9.78 Å². The van der Waals surface area contributed by atoms with Gasteiger partial charge in [-0.05, 0) is 42.0 Å². The van der Waals surface area contributed by atoms with Crippen LogP contribution in [0.1, 0.15) is 26.3 Å². The van der Waals surface area contributed by atoms with Gasteiger partial charge in [0.1, 0.15) is 5.82 Å². The summed E-state index contributed by atoms with van der Waals surface area (Å²) in [5.74, 6) is -0.887. The maximum atomic E-state index is 13.1. The number of anilines is 1. The molecule has 1 amide bonds. The lowest BCUT2D eigenvalue weighted by Crippen LogP contribution is -2.13. The largest absolute Gasteiger partial charge is 0.465 e. The Balaban J connectivity index is 1.66. The van der Waals surface area contributed by atoms with Gasteiger partial charge in [-0.25, -0.2) is 9.18 Å². The molecule has 1 N–H and O–H groups in total. The number of hydrogen-bond acceptors (Lipinski definition) is 4. The number of halogens is 2. The van der Waals surface area contributed by atoms with Crippen molar-refractivity contribution in [2.75, 3.05) is 12.4 Å². The van der Waals surface area contributed by atoms with Crippen LogP contribution in [0.3, 0.4) is 0 Å². The normalized spacial score (nSPS) is 10.5. The van der Waals surface area contributed by atoms with Crippen LogP contribution in [0.5, 0.6) is 0 Å². The smallest absolute Gasteiger partial charge is 0.337 e. The topological polar surface area (TPSA) is 73.2 Å². The molecule has 2 aromatic carbocycles. The van der Waals surface area contributed by atoms with Crippen LogP contribution in [0.4, 0.5) is 10.2 Å². The average Bonchev–Trinajstić information content (AvgIpc) is 3.10. The van der Waals surface area contributed by atoms with Gasteiger partial charge < -0.3 is 10.1 Å². The zero-order chi connectivity index (χ0) is 19.4. The molecule has 1 heterocycles. The molecule has 0 spiro atoms. The maximum absolute atomic E-state index is 13.1. The molecular formula is C19H15ClFN3O3. The van der Waals surface area contributed by atoms with E-state index in [9.17, 15) is 14.0 Å². The third kappa shape index (κ3) is 4.51. The van der Waals surface area contributed by atoms with E-state index in [2.05, 4.69) is 15.2 Å². The molecule has 0 bridgehead atoms. The van der Waals surface area contributed by atoms with Crippen LogP contribution in [0.2, 0.25) is 5.02 Å². The van der Waals surface area contributed by atoms with Crippen molar-refractivity contribution < 1.29 is 18.7 Å². The average molecular weight is 388 g/mol. The van der Waals surface area contributed by atoms with Gasteiger partial charge in [0.15, 0.2) is 5.82 Å². The van der Waals surface area contributed by atoms with Gasteiger partial charge in [0.2, 0.25) is 0 Å². The Labute approximate surface area is 159 Å². The fraction of sp³-hybridized carbons (Fsp3) is 0.105. The quantitative estimate of drug-likeness (QED) is 0.676. The summed E-state index contributed by atoms with van der Waals surface area (Å²) in [5, 5.41) is 7.23. The fourth-order valence-electron chi connectivity index (χ4n) is 2.40. The lowest BCUT2D eigenvalue weighted by Gasteiger charge is -2.05. The molecule has 0 aliphatic rings. The van der Waals surface area contributed by atoms with Crippen molar-refractivity contribution in [3.05, 3.63) is 82.3 Å². The number of carbonyl (C=O) groups is 2. The highest BCUT2D eigenvalue weighted by Gasteiger charge is 2.11. The lowest BCUT2D eigenvalue weighted by atomic mass is 10.1. The number of methoxy groups -OCH3 is 1. The molecular weight excluding hydrogens is 373 g/mol. The molecule has 1 aromatic heterocycles. The van der Waals surface area contributed by atoms with Crippen molar-refractivity contribution in [3.63, 3.8) is 0 Å². The number of amides is 1. The van der Waals surface area contributed by atoms with Crippen LogP contribution >= 0.6 is 11.6 Å². The summed E-state index contributed by atoms with van der Waals surface area (Å²) in [4.78, 5) is 23.7. The maximum Gasteiger partial charge on any atom is 0.337 e. The highest BCUT2D eigenvalue weighted by molar-refractivity contribution is 6.31. The van der Waals surface area contributed by atoms with Gasteiger partial charge >= 0.3 is 5.97 Å². The zero-order valence-corrected chi connectivity index (χ0v) is 15.0. The number of esters is 1. The zero-order valence-electron chi connectivity index (χ0n) is 14.3. The number of rotatable bonds is 5. The molecule has 6 nitrogen and oxygen atoms in total. The van der Waals surface area contributed by atoms with E-state index in [1.54, 1.807) is 23.0 Å². The predicted octanol–water partition coefficient (Wildman–Crippen LogP) is 3.76. The molecule has 0 saturated carbocycles. The first-order chi connectivity index (χ1) is 13.0. The van der Waals surface area contributed by atoms with E-state index < -0.39 is 11.8 Å². The first kappa shape index (κ1) is 18.6.